The topological polar surface area (TPSA) is 55.3 Å². The van der Waals surface area contributed by atoms with Gasteiger partial charge in [0.2, 0.25) is 0 Å². The maximum atomic E-state index is 12.1. The van der Waals surface area contributed by atoms with Crippen LogP contribution in [-0.4, -0.2) is 45.1 Å². The predicted molar refractivity (Wildman–Crippen MR) is 83.5 cm³/mol. The zero-order valence-electron chi connectivity index (χ0n) is 13.1. The zero-order chi connectivity index (χ0) is 15.5. The fourth-order valence-electron chi connectivity index (χ4n) is 2.15. The molecule has 0 radical (unpaired) electrons. The van der Waals surface area contributed by atoms with Crippen LogP contribution in [0.15, 0.2) is 17.2 Å². The molecule has 0 aliphatic carbocycles. The first kappa shape index (κ1) is 16.1. The Bertz CT molecular complexity index is 485. The second-order valence-electron chi connectivity index (χ2n) is 6.32. The summed E-state index contributed by atoms with van der Waals surface area (Å²) in [5.74, 6) is 0. The van der Waals surface area contributed by atoms with Crippen LogP contribution in [0, 0.1) is 6.92 Å². The van der Waals surface area contributed by atoms with Crippen molar-refractivity contribution in [1.82, 2.24) is 15.1 Å². The quantitative estimate of drug-likeness (QED) is 0.839. The summed E-state index contributed by atoms with van der Waals surface area (Å²) >= 11 is 1.69. The van der Waals surface area contributed by atoms with Gasteiger partial charge in [-0.1, -0.05) is 11.8 Å². The third kappa shape index (κ3) is 5.19. The van der Waals surface area contributed by atoms with E-state index in [2.05, 4.69) is 10.2 Å². The fourth-order valence-corrected chi connectivity index (χ4v) is 3.26. The number of nitrogens with zero attached hydrogens (tertiary/aromatic N) is 3. The second-order valence-corrected chi connectivity index (χ2v) is 7.64. The Hall–Kier alpha value is -1.30. The number of hydrogen-bond acceptors (Lipinski definition) is 5. The smallest absolute Gasteiger partial charge is 0.410 e. The summed E-state index contributed by atoms with van der Waals surface area (Å²) in [5, 5.41) is 9.51. The molecule has 1 saturated heterocycles. The number of carbonyl (C=O) groups is 1. The van der Waals surface area contributed by atoms with E-state index in [1.165, 1.54) is 0 Å². The van der Waals surface area contributed by atoms with Gasteiger partial charge >= 0.3 is 6.09 Å². The van der Waals surface area contributed by atoms with Gasteiger partial charge in [-0.15, -0.1) is 5.10 Å². The molecule has 0 spiro atoms. The average molecular weight is 309 g/mol. The molecule has 0 aromatic carbocycles. The van der Waals surface area contributed by atoms with Crippen LogP contribution in [0.5, 0.6) is 0 Å². The Morgan fingerprint density at radius 1 is 1.38 bits per heavy atom. The van der Waals surface area contributed by atoms with E-state index < -0.39 is 5.60 Å². The molecule has 5 nitrogen and oxygen atoms in total. The molecule has 1 aromatic heterocycles. The first-order chi connectivity index (χ1) is 9.83. The number of carbonyl (C=O) groups excluding carboxylic acids is 1. The lowest BCUT2D eigenvalue weighted by Gasteiger charge is -2.33. The standard InChI is InChI=1S/C15H23N3O2S/c1-11-7-8-13(17-16-11)21-12-6-5-9-18(10-12)14(19)20-15(2,3)4/h7-8,12H,5-6,9-10H2,1-4H3/t12-/m0/s1. The van der Waals surface area contributed by atoms with Crippen LogP contribution in [0.1, 0.15) is 39.3 Å². The molecule has 1 aliphatic rings. The highest BCUT2D eigenvalue weighted by Crippen LogP contribution is 2.28. The number of aromatic nitrogens is 2. The van der Waals surface area contributed by atoms with Crippen molar-refractivity contribution < 1.29 is 9.53 Å². The summed E-state index contributed by atoms with van der Waals surface area (Å²) in [6, 6.07) is 3.95. The third-order valence-electron chi connectivity index (χ3n) is 3.09. The molecule has 1 fully saturated rings. The molecule has 1 aliphatic heterocycles. The second kappa shape index (κ2) is 6.64. The highest BCUT2D eigenvalue weighted by atomic mass is 32.2. The lowest BCUT2D eigenvalue weighted by Crippen LogP contribution is -2.43. The molecular weight excluding hydrogens is 286 g/mol. The average Bonchev–Trinajstić information content (AvgIpc) is 2.40. The third-order valence-corrected chi connectivity index (χ3v) is 4.27. The van der Waals surface area contributed by atoms with E-state index in [4.69, 9.17) is 4.74 Å². The van der Waals surface area contributed by atoms with Crippen LogP contribution in [0.3, 0.4) is 0 Å². The van der Waals surface area contributed by atoms with Crippen molar-refractivity contribution in [3.63, 3.8) is 0 Å². The van der Waals surface area contributed by atoms with E-state index in [9.17, 15) is 4.79 Å². The molecule has 116 valence electrons. The SMILES string of the molecule is Cc1ccc(S[C@H]2CCCN(C(=O)OC(C)(C)C)C2)nn1. The molecular formula is C15H23N3O2S. The summed E-state index contributed by atoms with van der Waals surface area (Å²) in [4.78, 5) is 13.9. The largest absolute Gasteiger partial charge is 0.444 e. The van der Waals surface area contributed by atoms with Crippen LogP contribution >= 0.6 is 11.8 Å². The predicted octanol–water partition coefficient (Wildman–Crippen LogP) is 3.28. The molecule has 6 heteroatoms. The van der Waals surface area contributed by atoms with Gasteiger partial charge < -0.3 is 9.64 Å². The summed E-state index contributed by atoms with van der Waals surface area (Å²) < 4.78 is 5.44. The first-order valence-corrected chi connectivity index (χ1v) is 8.16. The number of aryl methyl sites for hydroxylation is 1. The number of rotatable bonds is 2. The summed E-state index contributed by atoms with van der Waals surface area (Å²) in [5.41, 5.74) is 0.470. The van der Waals surface area contributed by atoms with Gasteiger partial charge in [0.1, 0.15) is 10.6 Å². The van der Waals surface area contributed by atoms with Gasteiger partial charge in [0, 0.05) is 18.3 Å². The molecule has 0 bridgehead atoms. The van der Waals surface area contributed by atoms with E-state index in [0.717, 1.165) is 30.1 Å². The fraction of sp³-hybridized carbons (Fsp3) is 0.667. The van der Waals surface area contributed by atoms with E-state index in [1.54, 1.807) is 16.7 Å². The summed E-state index contributed by atoms with van der Waals surface area (Å²) in [6.07, 6.45) is 1.86. The minimum Gasteiger partial charge on any atom is -0.444 e. The molecule has 2 rings (SSSR count). The van der Waals surface area contributed by atoms with Crippen LogP contribution in [-0.2, 0) is 4.74 Å². The molecule has 0 saturated carbocycles. The first-order valence-electron chi connectivity index (χ1n) is 7.28. The van der Waals surface area contributed by atoms with E-state index in [1.807, 2.05) is 39.8 Å². The maximum Gasteiger partial charge on any atom is 0.410 e. The number of amides is 1. The summed E-state index contributed by atoms with van der Waals surface area (Å²) in [7, 11) is 0. The highest BCUT2D eigenvalue weighted by Gasteiger charge is 2.28. The molecule has 0 N–H and O–H groups in total. The van der Waals surface area contributed by atoms with Crippen molar-refractivity contribution in [2.24, 2.45) is 0 Å². The number of thioether (sulfide) groups is 1. The van der Waals surface area contributed by atoms with E-state index in [0.29, 0.717) is 11.8 Å². The van der Waals surface area contributed by atoms with E-state index in [-0.39, 0.29) is 6.09 Å². The van der Waals surface area contributed by atoms with Crippen molar-refractivity contribution in [3.8, 4) is 0 Å². The van der Waals surface area contributed by atoms with Gasteiger partial charge in [-0.05, 0) is 52.7 Å². The summed E-state index contributed by atoms with van der Waals surface area (Å²) in [6.45, 7) is 9.07. The molecule has 1 atom stereocenters. The van der Waals surface area contributed by atoms with Crippen molar-refractivity contribution in [2.75, 3.05) is 13.1 Å². The van der Waals surface area contributed by atoms with Gasteiger partial charge in [0.15, 0.2) is 0 Å². The molecule has 21 heavy (non-hydrogen) atoms. The van der Waals surface area contributed by atoms with Crippen LogP contribution in [0.4, 0.5) is 4.79 Å². The molecule has 1 amide bonds. The Kier molecular flexibility index (Phi) is 5.08. The van der Waals surface area contributed by atoms with Crippen LogP contribution in [0.2, 0.25) is 0 Å². The molecule has 1 aromatic rings. The lowest BCUT2D eigenvalue weighted by molar-refractivity contribution is 0.0220. The van der Waals surface area contributed by atoms with Gasteiger partial charge in [-0.3, -0.25) is 0 Å². The van der Waals surface area contributed by atoms with Gasteiger partial charge in [0.05, 0.1) is 5.69 Å². The van der Waals surface area contributed by atoms with Gasteiger partial charge in [-0.25, -0.2) is 4.79 Å². The highest BCUT2D eigenvalue weighted by molar-refractivity contribution is 7.99. The van der Waals surface area contributed by atoms with Crippen molar-refractivity contribution >= 4 is 17.9 Å². The lowest BCUT2D eigenvalue weighted by atomic mass is 10.1. The minimum absolute atomic E-state index is 0.220. The number of ether oxygens (including phenoxy) is 1. The maximum absolute atomic E-state index is 12.1. The number of piperidine rings is 1. The van der Waals surface area contributed by atoms with Crippen LogP contribution < -0.4 is 0 Å². The minimum atomic E-state index is -0.445. The van der Waals surface area contributed by atoms with Crippen LogP contribution in [0.25, 0.3) is 0 Å². The Balaban J connectivity index is 1.91. The van der Waals surface area contributed by atoms with E-state index >= 15 is 0 Å². The zero-order valence-corrected chi connectivity index (χ0v) is 13.9. The molecule has 2 heterocycles. The van der Waals surface area contributed by atoms with Gasteiger partial charge in [-0.2, -0.15) is 5.10 Å². The molecule has 0 unspecified atom stereocenters. The van der Waals surface area contributed by atoms with Crippen molar-refractivity contribution in [2.45, 2.75) is 56.4 Å². The Labute approximate surface area is 130 Å². The Morgan fingerprint density at radius 3 is 2.76 bits per heavy atom. The number of hydrogen-bond donors (Lipinski definition) is 0. The number of likely N-dealkylation sites (tertiary alicyclic amines) is 1. The van der Waals surface area contributed by atoms with Gasteiger partial charge in [0.25, 0.3) is 0 Å². The normalized spacial score (nSPS) is 19.4. The van der Waals surface area contributed by atoms with Crippen molar-refractivity contribution in [3.05, 3.63) is 17.8 Å². The Morgan fingerprint density at radius 2 is 2.14 bits per heavy atom. The monoisotopic (exact) mass is 309 g/mol. The van der Waals surface area contributed by atoms with Crippen molar-refractivity contribution in [1.29, 1.82) is 0 Å².